The summed E-state index contributed by atoms with van der Waals surface area (Å²) in [5.41, 5.74) is 0.902. The van der Waals surface area contributed by atoms with Crippen molar-refractivity contribution in [1.29, 1.82) is 0 Å². The highest BCUT2D eigenvalue weighted by Gasteiger charge is 2.01. The highest BCUT2D eigenvalue weighted by atomic mass is 35.5. The van der Waals surface area contributed by atoms with Gasteiger partial charge in [-0.3, -0.25) is 0 Å². The van der Waals surface area contributed by atoms with E-state index in [-0.39, 0.29) is 0 Å². The van der Waals surface area contributed by atoms with E-state index in [1.54, 1.807) is 20.1 Å². The number of nitrogens with one attached hydrogen (secondary N) is 1. The molecule has 0 aliphatic carbocycles. The van der Waals surface area contributed by atoms with E-state index in [2.05, 4.69) is 17.2 Å². The summed E-state index contributed by atoms with van der Waals surface area (Å²) in [5, 5.41) is 3.80. The van der Waals surface area contributed by atoms with Gasteiger partial charge in [0.25, 0.3) is 0 Å². The molecule has 0 bridgehead atoms. The predicted octanol–water partition coefficient (Wildman–Crippen LogP) is 2.78. The van der Waals surface area contributed by atoms with Crippen LogP contribution in [0.1, 0.15) is 6.92 Å². The molecule has 0 spiro atoms. The van der Waals surface area contributed by atoms with Gasteiger partial charge in [0.15, 0.2) is 0 Å². The van der Waals surface area contributed by atoms with Crippen molar-refractivity contribution >= 4 is 17.3 Å². The van der Waals surface area contributed by atoms with Crippen molar-refractivity contribution in [1.82, 2.24) is 0 Å². The molecule has 1 N–H and O–H groups in total. The zero-order valence-electron chi connectivity index (χ0n) is 8.23. The van der Waals surface area contributed by atoms with Crippen molar-refractivity contribution in [2.75, 3.05) is 19.0 Å². The lowest BCUT2D eigenvalue weighted by Crippen LogP contribution is -2.00. The van der Waals surface area contributed by atoms with Crippen LogP contribution in [0.15, 0.2) is 18.2 Å². The van der Waals surface area contributed by atoms with Crippen molar-refractivity contribution < 1.29 is 4.74 Å². The minimum Gasteiger partial charge on any atom is -0.495 e. The van der Waals surface area contributed by atoms with E-state index in [1.807, 2.05) is 12.1 Å². The zero-order valence-corrected chi connectivity index (χ0v) is 8.98. The zero-order chi connectivity index (χ0) is 10.4. The van der Waals surface area contributed by atoms with Crippen LogP contribution in [0.5, 0.6) is 5.75 Å². The van der Waals surface area contributed by atoms with E-state index in [4.69, 9.17) is 16.3 Å². The molecule has 0 aromatic heterocycles. The van der Waals surface area contributed by atoms with Gasteiger partial charge in [-0.05, 0) is 19.1 Å². The number of hydrogen-bond acceptors (Lipinski definition) is 2. The van der Waals surface area contributed by atoms with Gasteiger partial charge in [0.2, 0.25) is 0 Å². The summed E-state index contributed by atoms with van der Waals surface area (Å²) in [5.74, 6) is 6.45. The maximum Gasteiger partial charge on any atom is 0.143 e. The molecule has 0 aliphatic rings. The van der Waals surface area contributed by atoms with Crippen LogP contribution in [0.4, 0.5) is 5.69 Å². The minimum absolute atomic E-state index is 0.606. The van der Waals surface area contributed by atoms with Gasteiger partial charge in [-0.15, -0.1) is 5.92 Å². The number of methoxy groups -OCH3 is 1. The Hall–Kier alpha value is -1.33. The lowest BCUT2D eigenvalue weighted by Gasteiger charge is -2.08. The topological polar surface area (TPSA) is 21.3 Å². The Bertz CT molecular complexity index is 365. The smallest absolute Gasteiger partial charge is 0.143 e. The molecule has 0 heterocycles. The number of benzene rings is 1. The van der Waals surface area contributed by atoms with Crippen molar-refractivity contribution in [2.45, 2.75) is 6.92 Å². The fraction of sp³-hybridized carbons (Fsp3) is 0.273. The molecule has 14 heavy (non-hydrogen) atoms. The van der Waals surface area contributed by atoms with Gasteiger partial charge in [0.05, 0.1) is 19.3 Å². The first-order valence-electron chi connectivity index (χ1n) is 4.25. The van der Waals surface area contributed by atoms with E-state index in [0.29, 0.717) is 11.6 Å². The van der Waals surface area contributed by atoms with Gasteiger partial charge in [0, 0.05) is 11.1 Å². The Kier molecular flexibility index (Phi) is 4.15. The van der Waals surface area contributed by atoms with Crippen LogP contribution >= 0.6 is 11.6 Å². The monoisotopic (exact) mass is 209 g/mol. The Morgan fingerprint density at radius 2 is 2.29 bits per heavy atom. The van der Waals surface area contributed by atoms with Crippen LogP contribution in [-0.2, 0) is 0 Å². The fourth-order valence-corrected chi connectivity index (χ4v) is 1.20. The lowest BCUT2D eigenvalue weighted by atomic mass is 10.3. The molecule has 2 nitrogen and oxygen atoms in total. The number of hydrogen-bond donors (Lipinski definition) is 1. The van der Waals surface area contributed by atoms with Crippen LogP contribution in [0.3, 0.4) is 0 Å². The van der Waals surface area contributed by atoms with Crippen molar-refractivity contribution in [3.05, 3.63) is 23.2 Å². The van der Waals surface area contributed by atoms with Gasteiger partial charge in [-0.1, -0.05) is 17.5 Å². The van der Waals surface area contributed by atoms with E-state index >= 15 is 0 Å². The quantitative estimate of drug-likeness (QED) is 0.773. The van der Waals surface area contributed by atoms with Crippen LogP contribution in [0, 0.1) is 11.8 Å². The molecule has 3 heteroatoms. The summed E-state index contributed by atoms with van der Waals surface area (Å²) in [6.45, 7) is 2.41. The highest BCUT2D eigenvalue weighted by molar-refractivity contribution is 6.30. The molecule has 1 rings (SSSR count). The summed E-state index contributed by atoms with van der Waals surface area (Å²) in [4.78, 5) is 0. The molecule has 0 radical (unpaired) electrons. The summed E-state index contributed by atoms with van der Waals surface area (Å²) < 4.78 is 5.16. The highest BCUT2D eigenvalue weighted by Crippen LogP contribution is 2.27. The van der Waals surface area contributed by atoms with Crippen LogP contribution in [0.2, 0.25) is 5.02 Å². The molecule has 0 saturated heterocycles. The van der Waals surface area contributed by atoms with Crippen molar-refractivity contribution in [3.8, 4) is 17.6 Å². The number of ether oxygens (including phenoxy) is 1. The Balaban J connectivity index is 2.78. The van der Waals surface area contributed by atoms with E-state index in [0.717, 1.165) is 11.4 Å². The molecule has 0 saturated carbocycles. The van der Waals surface area contributed by atoms with Gasteiger partial charge in [0.1, 0.15) is 5.75 Å². The average Bonchev–Trinajstić information content (AvgIpc) is 2.20. The van der Waals surface area contributed by atoms with Gasteiger partial charge in [-0.2, -0.15) is 0 Å². The number of halogens is 1. The van der Waals surface area contributed by atoms with Gasteiger partial charge in [-0.25, -0.2) is 0 Å². The van der Waals surface area contributed by atoms with Gasteiger partial charge < -0.3 is 10.1 Å². The lowest BCUT2D eigenvalue weighted by molar-refractivity contribution is 0.416. The second kappa shape index (κ2) is 5.41. The fourth-order valence-electron chi connectivity index (χ4n) is 1.04. The molecular formula is C11H12ClNO. The van der Waals surface area contributed by atoms with Crippen molar-refractivity contribution in [3.63, 3.8) is 0 Å². The Labute approximate surface area is 89.2 Å². The third-order valence-corrected chi connectivity index (χ3v) is 1.94. The first kappa shape index (κ1) is 10.7. The van der Waals surface area contributed by atoms with E-state index < -0.39 is 0 Å². The molecule has 74 valence electrons. The van der Waals surface area contributed by atoms with E-state index in [1.165, 1.54) is 0 Å². The summed E-state index contributed by atoms with van der Waals surface area (Å²) in [6.07, 6.45) is 0. The first-order valence-corrected chi connectivity index (χ1v) is 4.62. The van der Waals surface area contributed by atoms with Crippen LogP contribution < -0.4 is 10.1 Å². The molecule has 0 unspecified atom stereocenters. The predicted molar refractivity (Wildman–Crippen MR) is 59.9 cm³/mol. The number of anilines is 1. The third-order valence-electron chi connectivity index (χ3n) is 1.71. The summed E-state index contributed by atoms with van der Waals surface area (Å²) in [7, 11) is 1.61. The number of rotatable bonds is 3. The molecule has 0 aliphatic heterocycles. The standard InChI is InChI=1S/C11H12ClNO/c1-3-4-7-13-10-6-5-9(12)8-11(10)14-2/h5-6,8,13H,7H2,1-2H3. The SMILES string of the molecule is CC#CCNc1ccc(Cl)cc1OC. The van der Waals surface area contributed by atoms with Gasteiger partial charge >= 0.3 is 0 Å². The molecule has 0 amide bonds. The van der Waals surface area contributed by atoms with E-state index in [9.17, 15) is 0 Å². The normalized spacial score (nSPS) is 8.79. The maximum absolute atomic E-state index is 5.82. The van der Waals surface area contributed by atoms with Crippen molar-refractivity contribution in [2.24, 2.45) is 0 Å². The minimum atomic E-state index is 0.606. The third kappa shape index (κ3) is 2.86. The summed E-state index contributed by atoms with van der Waals surface area (Å²) in [6, 6.07) is 5.45. The molecule has 0 fully saturated rings. The second-order valence-electron chi connectivity index (χ2n) is 2.62. The molecule has 1 aromatic rings. The van der Waals surface area contributed by atoms with Crippen LogP contribution in [-0.4, -0.2) is 13.7 Å². The molecule has 0 atom stereocenters. The average molecular weight is 210 g/mol. The largest absolute Gasteiger partial charge is 0.495 e. The molecular weight excluding hydrogens is 198 g/mol. The summed E-state index contributed by atoms with van der Waals surface area (Å²) >= 11 is 5.82. The molecule has 1 aromatic carbocycles. The maximum atomic E-state index is 5.82. The first-order chi connectivity index (χ1) is 6.77. The Morgan fingerprint density at radius 1 is 1.50 bits per heavy atom. The van der Waals surface area contributed by atoms with Crippen LogP contribution in [0.25, 0.3) is 0 Å². The Morgan fingerprint density at radius 3 is 2.93 bits per heavy atom. The second-order valence-corrected chi connectivity index (χ2v) is 3.06.